The van der Waals surface area contributed by atoms with Gasteiger partial charge in [0.25, 0.3) is 11.8 Å². The van der Waals surface area contributed by atoms with Gasteiger partial charge in [0.2, 0.25) is 5.91 Å². The Morgan fingerprint density at radius 3 is 2.00 bits per heavy atom. The van der Waals surface area contributed by atoms with Gasteiger partial charge >= 0.3 is 0 Å². The zero-order valence-corrected chi connectivity index (χ0v) is 19.1. The zero-order valence-electron chi connectivity index (χ0n) is 19.1. The molecule has 3 amide bonds. The summed E-state index contributed by atoms with van der Waals surface area (Å²) in [5.41, 5.74) is 1.78. The van der Waals surface area contributed by atoms with Gasteiger partial charge in [0.15, 0.2) is 0 Å². The minimum atomic E-state index is -0.0859. The van der Waals surface area contributed by atoms with Crippen molar-refractivity contribution in [1.82, 2.24) is 9.80 Å². The molecular weight excluding hydrogens is 418 g/mol. The zero-order chi connectivity index (χ0) is 23.2. The van der Waals surface area contributed by atoms with Crippen molar-refractivity contribution in [2.45, 2.75) is 32.1 Å². The van der Waals surface area contributed by atoms with Crippen LogP contribution in [0.3, 0.4) is 0 Å². The van der Waals surface area contributed by atoms with Gasteiger partial charge in [-0.15, -0.1) is 0 Å². The van der Waals surface area contributed by atoms with Crippen LogP contribution in [0.2, 0.25) is 0 Å². The molecule has 2 fully saturated rings. The molecule has 7 heteroatoms. The lowest BCUT2D eigenvalue weighted by Crippen LogP contribution is -2.50. The van der Waals surface area contributed by atoms with Crippen molar-refractivity contribution in [3.63, 3.8) is 0 Å². The van der Waals surface area contributed by atoms with Crippen LogP contribution < -0.4 is 10.1 Å². The number of carbonyl (C=O) groups excluding carboxylic acids is 3. The number of benzene rings is 2. The van der Waals surface area contributed by atoms with Gasteiger partial charge in [-0.2, -0.15) is 0 Å². The maximum atomic E-state index is 13.1. The molecule has 0 unspecified atom stereocenters. The fourth-order valence-corrected chi connectivity index (χ4v) is 4.57. The van der Waals surface area contributed by atoms with Crippen LogP contribution >= 0.6 is 0 Å². The molecule has 33 heavy (non-hydrogen) atoms. The van der Waals surface area contributed by atoms with Crippen molar-refractivity contribution >= 4 is 23.4 Å². The summed E-state index contributed by atoms with van der Waals surface area (Å²) in [5.74, 6) is 0.605. The number of amides is 3. The van der Waals surface area contributed by atoms with E-state index < -0.39 is 0 Å². The summed E-state index contributed by atoms with van der Waals surface area (Å²) >= 11 is 0. The Morgan fingerprint density at radius 2 is 1.39 bits per heavy atom. The molecule has 1 N–H and O–H groups in total. The number of nitrogens with one attached hydrogen (secondary N) is 1. The van der Waals surface area contributed by atoms with Crippen LogP contribution in [-0.4, -0.2) is 60.8 Å². The highest BCUT2D eigenvalue weighted by Gasteiger charge is 2.26. The second-order valence-corrected chi connectivity index (χ2v) is 8.72. The monoisotopic (exact) mass is 449 g/mol. The minimum Gasteiger partial charge on any atom is -0.497 e. The van der Waals surface area contributed by atoms with Crippen LogP contribution in [0.1, 0.15) is 52.8 Å². The molecule has 1 saturated heterocycles. The maximum Gasteiger partial charge on any atom is 0.254 e. The van der Waals surface area contributed by atoms with Crippen LogP contribution in [0.25, 0.3) is 0 Å². The topological polar surface area (TPSA) is 79.0 Å². The highest BCUT2D eigenvalue weighted by Crippen LogP contribution is 2.25. The lowest BCUT2D eigenvalue weighted by atomic mass is 9.88. The maximum absolute atomic E-state index is 13.1. The van der Waals surface area contributed by atoms with E-state index in [0.29, 0.717) is 48.7 Å². The van der Waals surface area contributed by atoms with Crippen molar-refractivity contribution in [3.8, 4) is 5.75 Å². The van der Waals surface area contributed by atoms with E-state index in [2.05, 4.69) is 5.32 Å². The van der Waals surface area contributed by atoms with Crippen molar-refractivity contribution in [2.24, 2.45) is 5.92 Å². The fraction of sp³-hybridized carbons (Fsp3) is 0.423. The summed E-state index contributed by atoms with van der Waals surface area (Å²) in [5, 5.41) is 2.99. The van der Waals surface area contributed by atoms with Crippen LogP contribution in [0, 0.1) is 5.92 Å². The van der Waals surface area contributed by atoms with Gasteiger partial charge in [-0.3, -0.25) is 14.4 Å². The van der Waals surface area contributed by atoms with Crippen molar-refractivity contribution in [2.75, 3.05) is 38.6 Å². The third-order valence-electron chi connectivity index (χ3n) is 6.52. The Kier molecular flexibility index (Phi) is 7.27. The standard InChI is InChI=1S/C26H31N3O4/c1-33-23-12-6-10-21(18-23)26(32)29-15-13-28(14-16-29)25(31)20-9-5-11-22(17-20)27-24(30)19-7-3-2-4-8-19/h5-6,9-12,17-19H,2-4,7-8,13-16H2,1H3,(H,27,30). The predicted octanol–water partition coefficient (Wildman–Crippen LogP) is 3.81. The van der Waals surface area contributed by atoms with Gasteiger partial charge in [-0.25, -0.2) is 0 Å². The number of methoxy groups -OCH3 is 1. The highest BCUT2D eigenvalue weighted by atomic mass is 16.5. The number of nitrogens with zero attached hydrogens (tertiary/aromatic N) is 2. The number of piperazine rings is 1. The number of hydrogen-bond acceptors (Lipinski definition) is 4. The van der Waals surface area contributed by atoms with Crippen LogP contribution in [0.4, 0.5) is 5.69 Å². The molecule has 2 aliphatic rings. The summed E-state index contributed by atoms with van der Waals surface area (Å²) in [7, 11) is 1.57. The molecular formula is C26H31N3O4. The number of hydrogen-bond donors (Lipinski definition) is 1. The van der Waals surface area contributed by atoms with Crippen LogP contribution in [0.15, 0.2) is 48.5 Å². The molecule has 1 heterocycles. The quantitative estimate of drug-likeness (QED) is 0.753. The summed E-state index contributed by atoms with van der Waals surface area (Å²) in [6, 6.07) is 14.2. The number of carbonyl (C=O) groups is 3. The molecule has 2 aromatic rings. The first-order chi connectivity index (χ1) is 16.0. The Bertz CT molecular complexity index is 1010. The van der Waals surface area contributed by atoms with Crippen molar-refractivity contribution in [3.05, 3.63) is 59.7 Å². The second-order valence-electron chi connectivity index (χ2n) is 8.72. The first kappa shape index (κ1) is 22.8. The summed E-state index contributed by atoms with van der Waals surface area (Å²) in [6.07, 6.45) is 5.27. The molecule has 2 aromatic carbocycles. The molecule has 1 aliphatic carbocycles. The molecule has 1 aliphatic heterocycles. The molecule has 0 spiro atoms. The summed E-state index contributed by atoms with van der Waals surface area (Å²) in [4.78, 5) is 42.0. The van der Waals surface area contributed by atoms with Gasteiger partial charge in [-0.1, -0.05) is 31.4 Å². The van der Waals surface area contributed by atoms with E-state index >= 15 is 0 Å². The van der Waals surface area contributed by atoms with E-state index in [9.17, 15) is 14.4 Å². The van der Waals surface area contributed by atoms with E-state index in [-0.39, 0.29) is 23.6 Å². The van der Waals surface area contributed by atoms with Crippen LogP contribution in [0.5, 0.6) is 5.75 Å². The van der Waals surface area contributed by atoms with E-state index in [1.54, 1.807) is 59.4 Å². The van der Waals surface area contributed by atoms with Crippen molar-refractivity contribution < 1.29 is 19.1 Å². The van der Waals surface area contributed by atoms with Gasteiger partial charge in [0, 0.05) is 48.9 Å². The lowest BCUT2D eigenvalue weighted by Gasteiger charge is -2.35. The van der Waals surface area contributed by atoms with Crippen molar-refractivity contribution in [1.29, 1.82) is 0 Å². The molecule has 4 rings (SSSR count). The number of rotatable bonds is 5. The molecule has 174 valence electrons. The van der Waals surface area contributed by atoms with Gasteiger partial charge in [0.1, 0.15) is 5.75 Å². The highest BCUT2D eigenvalue weighted by molar-refractivity contribution is 5.98. The summed E-state index contributed by atoms with van der Waals surface area (Å²) < 4.78 is 5.21. The normalized spacial score (nSPS) is 16.9. The largest absolute Gasteiger partial charge is 0.497 e. The Hall–Kier alpha value is -3.35. The van der Waals surface area contributed by atoms with Gasteiger partial charge in [0.05, 0.1) is 7.11 Å². The van der Waals surface area contributed by atoms with E-state index in [1.807, 2.05) is 6.07 Å². The third-order valence-corrected chi connectivity index (χ3v) is 6.52. The fourth-order valence-electron chi connectivity index (χ4n) is 4.57. The lowest BCUT2D eigenvalue weighted by molar-refractivity contribution is -0.120. The third kappa shape index (κ3) is 5.53. The Labute approximate surface area is 194 Å². The molecule has 0 bridgehead atoms. The van der Waals surface area contributed by atoms with E-state index in [1.165, 1.54) is 6.42 Å². The van der Waals surface area contributed by atoms with E-state index in [4.69, 9.17) is 4.74 Å². The Morgan fingerprint density at radius 1 is 0.818 bits per heavy atom. The molecule has 0 aromatic heterocycles. The SMILES string of the molecule is COc1cccc(C(=O)N2CCN(C(=O)c3cccc(NC(=O)C4CCCCC4)c3)CC2)c1. The smallest absolute Gasteiger partial charge is 0.254 e. The first-order valence-corrected chi connectivity index (χ1v) is 11.7. The Balaban J connectivity index is 1.34. The second kappa shape index (κ2) is 10.5. The summed E-state index contributed by atoms with van der Waals surface area (Å²) in [6.45, 7) is 1.88. The van der Waals surface area contributed by atoms with Gasteiger partial charge in [-0.05, 0) is 49.2 Å². The average molecular weight is 450 g/mol. The number of ether oxygens (including phenoxy) is 1. The number of anilines is 1. The average Bonchev–Trinajstić information content (AvgIpc) is 2.88. The van der Waals surface area contributed by atoms with E-state index in [0.717, 1.165) is 25.7 Å². The molecule has 0 radical (unpaired) electrons. The molecule has 7 nitrogen and oxygen atoms in total. The molecule has 0 atom stereocenters. The molecule has 1 saturated carbocycles. The van der Waals surface area contributed by atoms with Gasteiger partial charge < -0.3 is 19.9 Å². The van der Waals surface area contributed by atoms with Crippen LogP contribution in [-0.2, 0) is 4.79 Å². The first-order valence-electron chi connectivity index (χ1n) is 11.7. The minimum absolute atomic E-state index is 0.0453. The predicted molar refractivity (Wildman–Crippen MR) is 126 cm³/mol.